The predicted octanol–water partition coefficient (Wildman–Crippen LogP) is 4.80. The van der Waals surface area contributed by atoms with Crippen molar-refractivity contribution in [1.82, 2.24) is 0 Å². The maximum absolute atomic E-state index is 13.0. The topological polar surface area (TPSA) is 67.4 Å². The third-order valence-corrected chi connectivity index (χ3v) is 3.79. The lowest BCUT2D eigenvalue weighted by Crippen LogP contribution is -2.14. The minimum Gasteiger partial charge on any atom is -0.450 e. The molecule has 26 heavy (non-hydrogen) atoms. The Labute approximate surface area is 149 Å². The van der Waals surface area contributed by atoms with E-state index in [1.54, 1.807) is 31.2 Å². The van der Waals surface area contributed by atoms with Crippen LogP contribution in [0.3, 0.4) is 0 Å². The molecule has 3 aromatic rings. The van der Waals surface area contributed by atoms with Gasteiger partial charge in [0.25, 0.3) is 5.91 Å². The highest BCUT2D eigenvalue weighted by Gasteiger charge is 2.11. The fourth-order valence-electron chi connectivity index (χ4n) is 2.60. The van der Waals surface area contributed by atoms with Gasteiger partial charge in [-0.1, -0.05) is 24.3 Å². The molecule has 0 heterocycles. The number of carbonyl (C=O) groups excluding carboxylic acids is 2. The molecule has 0 aliphatic rings. The van der Waals surface area contributed by atoms with Crippen LogP contribution < -0.4 is 10.6 Å². The van der Waals surface area contributed by atoms with E-state index >= 15 is 0 Å². The second kappa shape index (κ2) is 7.65. The fourth-order valence-corrected chi connectivity index (χ4v) is 2.60. The van der Waals surface area contributed by atoms with Gasteiger partial charge < -0.3 is 10.1 Å². The van der Waals surface area contributed by atoms with E-state index in [1.165, 1.54) is 24.3 Å². The summed E-state index contributed by atoms with van der Waals surface area (Å²) in [6.45, 7) is 2.00. The summed E-state index contributed by atoms with van der Waals surface area (Å²) < 4.78 is 17.9. The van der Waals surface area contributed by atoms with E-state index in [0.29, 0.717) is 16.9 Å². The van der Waals surface area contributed by atoms with Crippen molar-refractivity contribution in [2.75, 3.05) is 17.2 Å². The van der Waals surface area contributed by atoms with E-state index in [9.17, 15) is 14.0 Å². The number of hydrogen-bond donors (Lipinski definition) is 2. The molecule has 3 rings (SSSR count). The quantitative estimate of drug-likeness (QED) is 0.709. The van der Waals surface area contributed by atoms with Crippen LogP contribution in [0.4, 0.5) is 20.6 Å². The van der Waals surface area contributed by atoms with Crippen molar-refractivity contribution in [2.45, 2.75) is 6.92 Å². The van der Waals surface area contributed by atoms with E-state index < -0.39 is 11.9 Å². The van der Waals surface area contributed by atoms with Crippen molar-refractivity contribution in [3.63, 3.8) is 0 Å². The van der Waals surface area contributed by atoms with Gasteiger partial charge in [0, 0.05) is 22.0 Å². The summed E-state index contributed by atoms with van der Waals surface area (Å²) in [4.78, 5) is 24.1. The number of fused-ring (bicyclic) bond motifs is 1. The Morgan fingerprint density at radius 1 is 0.885 bits per heavy atom. The second-order valence-electron chi connectivity index (χ2n) is 5.51. The monoisotopic (exact) mass is 352 g/mol. The lowest BCUT2D eigenvalue weighted by Gasteiger charge is -2.12. The maximum Gasteiger partial charge on any atom is 0.411 e. The summed E-state index contributed by atoms with van der Waals surface area (Å²) in [5.74, 6) is -0.748. The SMILES string of the molecule is CCOC(=O)Nc1cccc2c(NC(=O)c3ccc(F)cc3)cccc12. The van der Waals surface area contributed by atoms with Crippen LogP contribution in [0.2, 0.25) is 0 Å². The van der Waals surface area contributed by atoms with Gasteiger partial charge in [0.1, 0.15) is 5.82 Å². The van der Waals surface area contributed by atoms with Crippen LogP contribution in [0.25, 0.3) is 10.8 Å². The first kappa shape index (κ1) is 17.4. The van der Waals surface area contributed by atoms with E-state index in [4.69, 9.17) is 4.74 Å². The highest BCUT2D eigenvalue weighted by molar-refractivity contribution is 6.11. The molecule has 2 amide bonds. The van der Waals surface area contributed by atoms with E-state index in [2.05, 4.69) is 10.6 Å². The Balaban J connectivity index is 1.91. The molecule has 0 radical (unpaired) electrons. The number of nitrogens with one attached hydrogen (secondary N) is 2. The first-order chi connectivity index (χ1) is 12.6. The minimum atomic E-state index is -0.541. The standard InChI is InChI=1S/C20H17FN2O3/c1-2-26-20(25)23-18-8-4-5-15-16(18)6-3-7-17(15)22-19(24)13-9-11-14(21)12-10-13/h3-12H,2H2,1H3,(H,22,24)(H,23,25). The highest BCUT2D eigenvalue weighted by Crippen LogP contribution is 2.29. The molecule has 0 spiro atoms. The molecule has 3 aromatic carbocycles. The molecule has 0 unspecified atom stereocenters. The molecular weight excluding hydrogens is 335 g/mol. The van der Waals surface area contributed by atoms with Crippen LogP contribution in [-0.2, 0) is 4.74 Å². The molecule has 0 atom stereocenters. The highest BCUT2D eigenvalue weighted by atomic mass is 19.1. The van der Waals surface area contributed by atoms with Crippen molar-refractivity contribution in [2.24, 2.45) is 0 Å². The summed E-state index contributed by atoms with van der Waals surface area (Å²) >= 11 is 0. The number of anilines is 2. The van der Waals surface area contributed by atoms with Gasteiger partial charge in [0.05, 0.1) is 12.3 Å². The van der Waals surface area contributed by atoms with Crippen molar-refractivity contribution < 1.29 is 18.7 Å². The zero-order valence-electron chi connectivity index (χ0n) is 14.1. The molecule has 2 N–H and O–H groups in total. The number of hydrogen-bond acceptors (Lipinski definition) is 3. The van der Waals surface area contributed by atoms with Crippen LogP contribution in [-0.4, -0.2) is 18.6 Å². The van der Waals surface area contributed by atoms with Crippen molar-refractivity contribution in [1.29, 1.82) is 0 Å². The summed E-state index contributed by atoms with van der Waals surface area (Å²) in [5.41, 5.74) is 1.52. The molecule has 0 aromatic heterocycles. The van der Waals surface area contributed by atoms with Crippen LogP contribution in [0.1, 0.15) is 17.3 Å². The largest absolute Gasteiger partial charge is 0.450 e. The van der Waals surface area contributed by atoms with Crippen LogP contribution in [0.15, 0.2) is 60.7 Å². The lowest BCUT2D eigenvalue weighted by atomic mass is 10.1. The summed E-state index contributed by atoms with van der Waals surface area (Å²) in [6, 6.07) is 16.1. The van der Waals surface area contributed by atoms with Crippen molar-refractivity contribution >= 4 is 34.1 Å². The Morgan fingerprint density at radius 2 is 1.46 bits per heavy atom. The van der Waals surface area contributed by atoms with E-state index in [-0.39, 0.29) is 12.5 Å². The van der Waals surface area contributed by atoms with Crippen molar-refractivity contribution in [3.8, 4) is 0 Å². The number of amides is 2. The smallest absolute Gasteiger partial charge is 0.411 e. The van der Waals surface area contributed by atoms with Gasteiger partial charge in [-0.2, -0.15) is 0 Å². The fraction of sp³-hybridized carbons (Fsp3) is 0.100. The van der Waals surface area contributed by atoms with E-state index in [0.717, 1.165) is 10.8 Å². The first-order valence-corrected chi connectivity index (χ1v) is 8.11. The number of benzene rings is 3. The molecule has 0 aliphatic heterocycles. The predicted molar refractivity (Wildman–Crippen MR) is 98.9 cm³/mol. The molecule has 0 saturated carbocycles. The Morgan fingerprint density at radius 3 is 2.04 bits per heavy atom. The van der Waals surface area contributed by atoms with Crippen LogP contribution >= 0.6 is 0 Å². The summed E-state index contributed by atoms with van der Waals surface area (Å²) in [6.07, 6.45) is -0.541. The third-order valence-electron chi connectivity index (χ3n) is 3.79. The molecule has 0 fully saturated rings. The average molecular weight is 352 g/mol. The van der Waals surface area contributed by atoms with Gasteiger partial charge in [-0.3, -0.25) is 10.1 Å². The molecule has 6 heteroatoms. The molecular formula is C20H17FN2O3. The number of halogens is 1. The maximum atomic E-state index is 13.0. The summed E-state index contributed by atoms with van der Waals surface area (Å²) in [5, 5.41) is 7.03. The number of rotatable bonds is 4. The van der Waals surface area contributed by atoms with Crippen LogP contribution in [0.5, 0.6) is 0 Å². The Kier molecular flexibility index (Phi) is 5.12. The molecule has 5 nitrogen and oxygen atoms in total. The average Bonchev–Trinajstić information content (AvgIpc) is 2.63. The Hall–Kier alpha value is -3.41. The normalized spacial score (nSPS) is 10.4. The Bertz CT molecular complexity index is 955. The third kappa shape index (κ3) is 3.80. The zero-order valence-corrected chi connectivity index (χ0v) is 14.1. The molecule has 0 saturated heterocycles. The molecule has 0 bridgehead atoms. The van der Waals surface area contributed by atoms with Crippen molar-refractivity contribution in [3.05, 3.63) is 72.0 Å². The minimum absolute atomic E-state index is 0.273. The zero-order chi connectivity index (χ0) is 18.5. The van der Waals surface area contributed by atoms with E-state index in [1.807, 2.05) is 12.1 Å². The number of carbonyl (C=O) groups is 2. The summed E-state index contributed by atoms with van der Waals surface area (Å²) in [7, 11) is 0. The van der Waals surface area contributed by atoms with Gasteiger partial charge in [0.15, 0.2) is 0 Å². The molecule has 132 valence electrons. The van der Waals surface area contributed by atoms with Gasteiger partial charge in [-0.15, -0.1) is 0 Å². The van der Waals surface area contributed by atoms with Gasteiger partial charge in [0.2, 0.25) is 0 Å². The first-order valence-electron chi connectivity index (χ1n) is 8.11. The second-order valence-corrected chi connectivity index (χ2v) is 5.51. The van der Waals surface area contributed by atoms with Gasteiger partial charge >= 0.3 is 6.09 Å². The lowest BCUT2D eigenvalue weighted by molar-refractivity contribution is 0.102. The molecule has 0 aliphatic carbocycles. The van der Waals surface area contributed by atoms with Gasteiger partial charge in [-0.25, -0.2) is 9.18 Å². The number of ether oxygens (including phenoxy) is 1. The van der Waals surface area contributed by atoms with Crippen LogP contribution in [0, 0.1) is 5.82 Å². The van der Waals surface area contributed by atoms with Gasteiger partial charge in [-0.05, 0) is 43.3 Å².